The zero-order valence-corrected chi connectivity index (χ0v) is 22.6. The monoisotopic (exact) mass is 548 g/mol. The van der Waals surface area contributed by atoms with Crippen LogP contribution in [0.25, 0.3) is 11.6 Å². The Hall–Kier alpha value is -4.74. The Morgan fingerprint density at radius 1 is 1.05 bits per heavy atom. The van der Waals surface area contributed by atoms with Crippen molar-refractivity contribution in [3.8, 4) is 23.1 Å². The second kappa shape index (κ2) is 10.8. The average Bonchev–Trinajstić information content (AvgIpc) is 3.55. The first-order chi connectivity index (χ1) is 19.1. The quantitative estimate of drug-likeness (QED) is 0.369. The highest BCUT2D eigenvalue weighted by molar-refractivity contribution is 6.01. The largest absolute Gasteiger partial charge is 0.486 e. The van der Waals surface area contributed by atoms with Gasteiger partial charge < -0.3 is 19.2 Å². The molecule has 0 unspecified atom stereocenters. The van der Waals surface area contributed by atoms with Crippen molar-refractivity contribution >= 4 is 17.5 Å². The molecule has 0 spiro atoms. The molecule has 1 aliphatic heterocycles. The number of anilines is 1. The van der Waals surface area contributed by atoms with Crippen molar-refractivity contribution in [1.29, 1.82) is 0 Å². The topological polar surface area (TPSA) is 125 Å². The summed E-state index contributed by atoms with van der Waals surface area (Å²) in [6.07, 6.45) is 0. The van der Waals surface area contributed by atoms with Gasteiger partial charge in [0.25, 0.3) is 5.91 Å². The molecule has 0 fully saturated rings. The number of tetrazole rings is 1. The third-order valence-corrected chi connectivity index (χ3v) is 5.95. The van der Waals surface area contributed by atoms with Gasteiger partial charge in [0.2, 0.25) is 11.7 Å². The van der Waals surface area contributed by atoms with Gasteiger partial charge in [0.05, 0.1) is 0 Å². The summed E-state index contributed by atoms with van der Waals surface area (Å²) in [5.41, 5.74) is 0.166. The maximum absolute atomic E-state index is 14.0. The highest BCUT2D eigenvalue weighted by Gasteiger charge is 2.35. The fourth-order valence-electron chi connectivity index (χ4n) is 4.28. The molecule has 5 rings (SSSR count). The fourth-order valence-corrected chi connectivity index (χ4v) is 4.28. The summed E-state index contributed by atoms with van der Waals surface area (Å²) in [4.78, 5) is 30.3. The smallest absolute Gasteiger partial charge is 0.251 e. The Balaban J connectivity index is 1.56. The van der Waals surface area contributed by atoms with Crippen LogP contribution >= 0.6 is 0 Å². The predicted octanol–water partition coefficient (Wildman–Crippen LogP) is 3.84. The van der Waals surface area contributed by atoms with E-state index in [9.17, 15) is 14.0 Å². The molecule has 1 aliphatic rings. The maximum atomic E-state index is 14.0. The molecule has 0 radical (unpaired) electrons. The van der Waals surface area contributed by atoms with Crippen LogP contribution in [0.3, 0.4) is 0 Å². The lowest BCUT2D eigenvalue weighted by Crippen LogP contribution is -2.50. The number of carbonyl (C=O) groups is 2. The molecule has 2 amide bonds. The first-order valence-electron chi connectivity index (χ1n) is 12.7. The number of furan rings is 1. The first kappa shape index (κ1) is 26.9. The van der Waals surface area contributed by atoms with Gasteiger partial charge in [-0.3, -0.25) is 14.5 Å². The van der Waals surface area contributed by atoms with E-state index in [1.54, 1.807) is 37.3 Å². The van der Waals surface area contributed by atoms with E-state index in [2.05, 4.69) is 20.7 Å². The number of halogens is 1. The molecule has 1 atom stereocenters. The Bertz CT molecular complexity index is 1520. The van der Waals surface area contributed by atoms with Gasteiger partial charge in [0, 0.05) is 17.3 Å². The number of benzene rings is 2. The fraction of sp³-hybridized carbons (Fsp3) is 0.321. The molecular weight excluding hydrogens is 519 g/mol. The number of aromatic nitrogens is 4. The van der Waals surface area contributed by atoms with Crippen LogP contribution < -0.4 is 19.7 Å². The molecule has 3 heterocycles. The van der Waals surface area contributed by atoms with Crippen LogP contribution in [0.2, 0.25) is 0 Å². The second-order valence-electron chi connectivity index (χ2n) is 10.3. The van der Waals surface area contributed by atoms with Gasteiger partial charge >= 0.3 is 0 Å². The van der Waals surface area contributed by atoms with Crippen LogP contribution in [-0.2, 0) is 16.1 Å². The van der Waals surface area contributed by atoms with Gasteiger partial charge in [-0.1, -0.05) is 12.1 Å². The minimum atomic E-state index is -1.16. The van der Waals surface area contributed by atoms with Crippen LogP contribution in [-0.4, -0.2) is 50.8 Å². The number of amides is 2. The summed E-state index contributed by atoms with van der Waals surface area (Å²) in [5, 5.41) is 15.2. The highest BCUT2D eigenvalue weighted by atomic mass is 19.1. The van der Waals surface area contributed by atoms with E-state index >= 15 is 0 Å². The van der Waals surface area contributed by atoms with Gasteiger partial charge in [-0.05, 0) is 74.9 Å². The van der Waals surface area contributed by atoms with E-state index in [4.69, 9.17) is 13.9 Å². The molecule has 0 bridgehead atoms. The summed E-state index contributed by atoms with van der Waals surface area (Å²) in [6, 6.07) is 12.7. The SMILES string of the molecule is Cc1ccc(-c2nnn(CC(=O)N(c3ccc4c(c3)OCCO4)[C@@H](C(=O)NC(C)(C)C)c3ccc(F)cc3)n2)o1. The summed E-state index contributed by atoms with van der Waals surface area (Å²) < 4.78 is 30.8. The van der Waals surface area contributed by atoms with Crippen LogP contribution in [0.15, 0.2) is 59.0 Å². The lowest BCUT2D eigenvalue weighted by atomic mass is 10.0. The molecule has 4 aromatic rings. The zero-order valence-electron chi connectivity index (χ0n) is 22.6. The lowest BCUT2D eigenvalue weighted by Gasteiger charge is -2.34. The Kier molecular flexibility index (Phi) is 7.24. The lowest BCUT2D eigenvalue weighted by molar-refractivity contribution is -0.128. The molecule has 208 valence electrons. The molecule has 11 nitrogen and oxygen atoms in total. The minimum absolute atomic E-state index is 0.215. The highest BCUT2D eigenvalue weighted by Crippen LogP contribution is 2.37. The Morgan fingerprint density at radius 2 is 1.77 bits per heavy atom. The maximum Gasteiger partial charge on any atom is 0.251 e. The molecule has 0 aliphatic carbocycles. The van der Waals surface area contributed by atoms with Gasteiger partial charge in [0.15, 0.2) is 17.3 Å². The number of hydrogen-bond donors (Lipinski definition) is 1. The third kappa shape index (κ3) is 5.95. The zero-order chi connectivity index (χ0) is 28.4. The summed E-state index contributed by atoms with van der Waals surface area (Å²) in [5.74, 6) is 0.820. The van der Waals surface area contributed by atoms with Gasteiger partial charge in [-0.25, -0.2) is 4.39 Å². The van der Waals surface area contributed by atoms with E-state index in [0.29, 0.717) is 47.5 Å². The van der Waals surface area contributed by atoms with Crippen molar-refractivity contribution in [3.63, 3.8) is 0 Å². The van der Waals surface area contributed by atoms with Crippen molar-refractivity contribution in [2.24, 2.45) is 0 Å². The van der Waals surface area contributed by atoms with E-state index in [0.717, 1.165) is 4.80 Å². The van der Waals surface area contributed by atoms with E-state index in [1.807, 2.05) is 20.8 Å². The van der Waals surface area contributed by atoms with E-state index < -0.39 is 29.2 Å². The Labute approximate surface area is 229 Å². The minimum Gasteiger partial charge on any atom is -0.486 e. The third-order valence-electron chi connectivity index (χ3n) is 5.95. The molecule has 0 saturated carbocycles. The average molecular weight is 549 g/mol. The molecule has 2 aromatic heterocycles. The van der Waals surface area contributed by atoms with Crippen LogP contribution in [0, 0.1) is 12.7 Å². The molecule has 40 heavy (non-hydrogen) atoms. The number of nitrogens with zero attached hydrogens (tertiary/aromatic N) is 5. The van der Waals surface area contributed by atoms with Crippen molar-refractivity contribution in [3.05, 3.63) is 71.7 Å². The van der Waals surface area contributed by atoms with Crippen molar-refractivity contribution in [2.45, 2.75) is 45.8 Å². The van der Waals surface area contributed by atoms with Gasteiger partial charge in [-0.2, -0.15) is 4.80 Å². The predicted molar refractivity (Wildman–Crippen MR) is 142 cm³/mol. The van der Waals surface area contributed by atoms with Crippen molar-refractivity contribution < 1.29 is 27.9 Å². The second-order valence-corrected chi connectivity index (χ2v) is 10.3. The van der Waals surface area contributed by atoms with Crippen LogP contribution in [0.1, 0.15) is 38.1 Å². The summed E-state index contributed by atoms with van der Waals surface area (Å²) in [6.45, 7) is 7.69. The Morgan fingerprint density at radius 3 is 2.45 bits per heavy atom. The van der Waals surface area contributed by atoms with E-state index in [1.165, 1.54) is 29.2 Å². The summed E-state index contributed by atoms with van der Waals surface area (Å²) >= 11 is 0. The molecule has 2 aromatic carbocycles. The van der Waals surface area contributed by atoms with Crippen LogP contribution in [0.4, 0.5) is 10.1 Å². The normalized spacial score (nSPS) is 13.5. The number of nitrogens with one attached hydrogen (secondary N) is 1. The molecule has 0 saturated heterocycles. The van der Waals surface area contributed by atoms with Crippen molar-refractivity contribution in [2.75, 3.05) is 18.1 Å². The summed E-state index contributed by atoms with van der Waals surface area (Å²) in [7, 11) is 0. The number of rotatable bonds is 7. The number of aryl methyl sites for hydroxylation is 1. The first-order valence-corrected chi connectivity index (χ1v) is 12.7. The molecular formula is C28H29FN6O5. The number of ether oxygens (including phenoxy) is 2. The van der Waals surface area contributed by atoms with Gasteiger partial charge in [0.1, 0.15) is 37.4 Å². The number of hydrogen-bond acceptors (Lipinski definition) is 8. The van der Waals surface area contributed by atoms with Gasteiger partial charge in [-0.15, -0.1) is 10.2 Å². The van der Waals surface area contributed by atoms with Crippen LogP contribution in [0.5, 0.6) is 11.5 Å². The number of carbonyl (C=O) groups excluding carboxylic acids is 2. The molecule has 1 N–H and O–H groups in total. The molecule has 12 heteroatoms. The van der Waals surface area contributed by atoms with Crippen molar-refractivity contribution in [1.82, 2.24) is 25.5 Å². The number of fused-ring (bicyclic) bond motifs is 1. The standard InChI is InChI=1S/C28H29FN6O5/c1-17-5-11-22(40-17)26-31-33-34(32-26)16-24(36)35(20-10-12-21-23(15-20)39-14-13-38-21)25(27(37)30-28(2,3)4)18-6-8-19(29)9-7-18/h5-12,15,25H,13-14,16H2,1-4H3,(H,30,37)/t25-/m1/s1. The van der Waals surface area contributed by atoms with E-state index in [-0.39, 0.29) is 12.4 Å².